The van der Waals surface area contributed by atoms with E-state index in [1.165, 1.54) is 10.5 Å². The summed E-state index contributed by atoms with van der Waals surface area (Å²) in [6, 6.07) is 1.16. The van der Waals surface area contributed by atoms with Crippen LogP contribution < -0.4 is 11.1 Å². The van der Waals surface area contributed by atoms with Crippen molar-refractivity contribution in [1.82, 2.24) is 19.9 Å². The van der Waals surface area contributed by atoms with E-state index in [9.17, 15) is 22.8 Å². The van der Waals surface area contributed by atoms with Gasteiger partial charge in [0, 0.05) is 18.4 Å². The molecule has 3 amide bonds. The zero-order valence-corrected chi connectivity index (χ0v) is 11.7. The molecule has 0 aromatic carbocycles. The van der Waals surface area contributed by atoms with Gasteiger partial charge in [0.2, 0.25) is 5.91 Å². The van der Waals surface area contributed by atoms with Gasteiger partial charge in [-0.3, -0.25) is 14.5 Å². The largest absolute Gasteiger partial charge is 0.417 e. The third-order valence-corrected chi connectivity index (χ3v) is 3.47. The molecule has 3 N–H and O–H groups in total. The summed E-state index contributed by atoms with van der Waals surface area (Å²) in [6.45, 7) is 0. The van der Waals surface area contributed by atoms with Crippen LogP contribution in [-0.4, -0.2) is 32.3 Å². The van der Waals surface area contributed by atoms with E-state index in [0.29, 0.717) is 0 Å². The maximum absolute atomic E-state index is 12.7. The molecule has 0 bridgehead atoms. The minimum atomic E-state index is -4.47. The Hall–Kier alpha value is -2.30. The summed E-state index contributed by atoms with van der Waals surface area (Å²) in [5, 5.41) is 9.60. The number of nitrogens with one attached hydrogen (secondary N) is 1. The summed E-state index contributed by atoms with van der Waals surface area (Å²) in [5.74, 6) is -0.374. The van der Waals surface area contributed by atoms with Crippen molar-refractivity contribution in [3.8, 4) is 0 Å². The zero-order valence-electron chi connectivity index (χ0n) is 10.9. The average molecular weight is 333 g/mol. The lowest BCUT2D eigenvalue weighted by atomic mass is 10.3. The van der Waals surface area contributed by atoms with Crippen LogP contribution >= 0.6 is 11.8 Å². The molecule has 0 aliphatic rings. The van der Waals surface area contributed by atoms with Crippen molar-refractivity contribution in [3.63, 3.8) is 0 Å². The summed E-state index contributed by atoms with van der Waals surface area (Å²) in [7, 11) is 0. The summed E-state index contributed by atoms with van der Waals surface area (Å²) < 4.78 is 39.2. The van der Waals surface area contributed by atoms with E-state index in [0.717, 1.165) is 24.0 Å². The Morgan fingerprint density at radius 1 is 1.32 bits per heavy atom. The second-order valence-corrected chi connectivity index (χ2v) is 5.20. The molecule has 2 aromatic rings. The molecule has 0 aliphatic heterocycles. The summed E-state index contributed by atoms with van der Waals surface area (Å²) >= 11 is 1.04. The van der Waals surface area contributed by atoms with Gasteiger partial charge in [0.05, 0.1) is 5.56 Å². The zero-order chi connectivity index (χ0) is 16.3. The SMILES string of the molecule is NC(=O)NC(=O)CCSc1nnc2ccc(C(F)(F)F)cn12. The number of halogens is 3. The summed E-state index contributed by atoms with van der Waals surface area (Å²) in [4.78, 5) is 21.7. The van der Waals surface area contributed by atoms with Gasteiger partial charge in [-0.15, -0.1) is 10.2 Å². The number of carbonyl (C=O) groups excluding carboxylic acids is 2. The third-order valence-electron chi connectivity index (χ3n) is 2.52. The molecule has 2 aromatic heterocycles. The Labute approximate surface area is 126 Å². The van der Waals surface area contributed by atoms with Crippen LogP contribution in [0.15, 0.2) is 23.5 Å². The van der Waals surface area contributed by atoms with Gasteiger partial charge in [0.15, 0.2) is 10.8 Å². The molecule has 118 valence electrons. The van der Waals surface area contributed by atoms with E-state index in [-0.39, 0.29) is 23.0 Å². The highest BCUT2D eigenvalue weighted by Gasteiger charge is 2.31. The first-order valence-corrected chi connectivity index (χ1v) is 6.90. The Balaban J connectivity index is 2.08. The molecule has 0 aliphatic carbocycles. The lowest BCUT2D eigenvalue weighted by Crippen LogP contribution is -2.35. The molecule has 0 atom stereocenters. The van der Waals surface area contributed by atoms with Gasteiger partial charge in [-0.25, -0.2) is 4.79 Å². The van der Waals surface area contributed by atoms with E-state index >= 15 is 0 Å². The topological polar surface area (TPSA) is 102 Å². The van der Waals surface area contributed by atoms with Crippen molar-refractivity contribution in [2.24, 2.45) is 5.73 Å². The second-order valence-electron chi connectivity index (χ2n) is 4.14. The number of alkyl halides is 3. The van der Waals surface area contributed by atoms with Crippen molar-refractivity contribution >= 4 is 29.3 Å². The number of nitrogens with zero attached hydrogens (tertiary/aromatic N) is 3. The van der Waals surface area contributed by atoms with Gasteiger partial charge in [0.25, 0.3) is 0 Å². The maximum atomic E-state index is 12.7. The number of carbonyl (C=O) groups is 2. The van der Waals surface area contributed by atoms with Crippen LogP contribution in [0.1, 0.15) is 12.0 Å². The molecular formula is C11H10F3N5O2S. The van der Waals surface area contributed by atoms with Crippen LogP contribution in [0.2, 0.25) is 0 Å². The molecule has 11 heteroatoms. The van der Waals surface area contributed by atoms with Crippen LogP contribution in [0.25, 0.3) is 5.65 Å². The number of rotatable bonds is 4. The molecule has 7 nitrogen and oxygen atoms in total. The number of hydrogen-bond donors (Lipinski definition) is 2. The first-order chi connectivity index (χ1) is 10.3. The van der Waals surface area contributed by atoms with Gasteiger partial charge in [0.1, 0.15) is 0 Å². The molecule has 0 saturated carbocycles. The fourth-order valence-corrected chi connectivity index (χ4v) is 2.42. The van der Waals surface area contributed by atoms with E-state index in [2.05, 4.69) is 10.2 Å². The number of pyridine rings is 1. The number of fused-ring (bicyclic) bond motifs is 1. The molecule has 0 spiro atoms. The molecule has 2 heterocycles. The number of aromatic nitrogens is 3. The number of imide groups is 1. The third kappa shape index (κ3) is 3.87. The molecule has 0 radical (unpaired) electrons. The van der Waals surface area contributed by atoms with Gasteiger partial charge >= 0.3 is 12.2 Å². The first kappa shape index (κ1) is 16.1. The molecule has 0 fully saturated rings. The van der Waals surface area contributed by atoms with Gasteiger partial charge in [-0.1, -0.05) is 11.8 Å². The van der Waals surface area contributed by atoms with E-state index in [4.69, 9.17) is 5.73 Å². The Morgan fingerprint density at radius 3 is 2.68 bits per heavy atom. The summed E-state index contributed by atoms with van der Waals surface area (Å²) in [6.07, 6.45) is -3.62. The maximum Gasteiger partial charge on any atom is 0.417 e. The van der Waals surface area contributed by atoms with Crippen molar-refractivity contribution in [1.29, 1.82) is 0 Å². The van der Waals surface area contributed by atoms with Crippen LogP contribution in [0, 0.1) is 0 Å². The van der Waals surface area contributed by atoms with Crippen LogP contribution in [0.5, 0.6) is 0 Å². The van der Waals surface area contributed by atoms with Crippen LogP contribution in [-0.2, 0) is 11.0 Å². The number of thioether (sulfide) groups is 1. The number of nitrogens with two attached hydrogens (primary N) is 1. The Kier molecular flexibility index (Phi) is 4.54. The van der Waals surface area contributed by atoms with E-state index < -0.39 is 23.7 Å². The van der Waals surface area contributed by atoms with Crippen molar-refractivity contribution in [3.05, 3.63) is 23.9 Å². The second kappa shape index (κ2) is 6.22. The predicted molar refractivity (Wildman–Crippen MR) is 71.1 cm³/mol. The highest BCUT2D eigenvalue weighted by molar-refractivity contribution is 7.99. The van der Waals surface area contributed by atoms with Crippen LogP contribution in [0.4, 0.5) is 18.0 Å². The van der Waals surface area contributed by atoms with E-state index in [1.54, 1.807) is 0 Å². The fraction of sp³-hybridized carbons (Fsp3) is 0.273. The monoisotopic (exact) mass is 333 g/mol. The summed E-state index contributed by atoms with van der Waals surface area (Å²) in [5.41, 5.74) is 4.22. The Bertz CT molecular complexity index is 715. The van der Waals surface area contributed by atoms with Gasteiger partial charge < -0.3 is 5.73 Å². The number of urea groups is 1. The lowest BCUT2D eigenvalue weighted by molar-refractivity contribution is -0.137. The van der Waals surface area contributed by atoms with Gasteiger partial charge in [-0.05, 0) is 12.1 Å². The standard InChI is InChI=1S/C11H10F3N5O2S/c12-11(13,14)6-1-2-7-17-18-10(19(7)5-6)22-4-3-8(20)16-9(15)21/h1-2,5H,3-4H2,(H3,15,16,20,21). The molecule has 22 heavy (non-hydrogen) atoms. The highest BCUT2D eigenvalue weighted by atomic mass is 32.2. The quantitative estimate of drug-likeness (QED) is 0.824. The Morgan fingerprint density at radius 2 is 2.05 bits per heavy atom. The van der Waals surface area contributed by atoms with Gasteiger partial charge in [-0.2, -0.15) is 13.2 Å². The number of primary amides is 1. The minimum absolute atomic E-state index is 0.0402. The average Bonchev–Trinajstić information content (AvgIpc) is 2.79. The molecule has 2 rings (SSSR count). The first-order valence-electron chi connectivity index (χ1n) is 5.91. The normalized spacial score (nSPS) is 11.6. The smallest absolute Gasteiger partial charge is 0.351 e. The number of amides is 3. The minimum Gasteiger partial charge on any atom is -0.351 e. The predicted octanol–water partition coefficient (Wildman–Crippen LogP) is 1.43. The fourth-order valence-electron chi connectivity index (χ4n) is 1.57. The highest BCUT2D eigenvalue weighted by Crippen LogP contribution is 2.30. The molecule has 0 unspecified atom stereocenters. The van der Waals surface area contributed by atoms with Crippen molar-refractivity contribution < 1.29 is 22.8 Å². The van der Waals surface area contributed by atoms with Crippen LogP contribution in [0.3, 0.4) is 0 Å². The van der Waals surface area contributed by atoms with Crippen molar-refractivity contribution in [2.75, 3.05) is 5.75 Å². The molecule has 0 saturated heterocycles. The lowest BCUT2D eigenvalue weighted by Gasteiger charge is -2.07. The van der Waals surface area contributed by atoms with E-state index in [1.807, 2.05) is 5.32 Å². The number of hydrogen-bond acceptors (Lipinski definition) is 5. The molecular weight excluding hydrogens is 323 g/mol. The van der Waals surface area contributed by atoms with Crippen molar-refractivity contribution in [2.45, 2.75) is 17.8 Å².